The lowest BCUT2D eigenvalue weighted by Crippen LogP contribution is -2.36. The van der Waals surface area contributed by atoms with Crippen LogP contribution in [0.3, 0.4) is 0 Å². The Bertz CT molecular complexity index is 392. The number of aliphatic hydroxyl groups is 2. The van der Waals surface area contributed by atoms with Crippen molar-refractivity contribution in [1.82, 2.24) is 4.90 Å². The summed E-state index contributed by atoms with van der Waals surface area (Å²) >= 11 is 0. The van der Waals surface area contributed by atoms with E-state index in [9.17, 15) is 9.18 Å². The molecule has 1 aromatic rings. The summed E-state index contributed by atoms with van der Waals surface area (Å²) in [5.74, 6) is -0.958. The smallest absolute Gasteiger partial charge is 0.256 e. The van der Waals surface area contributed by atoms with E-state index in [1.54, 1.807) is 0 Å². The summed E-state index contributed by atoms with van der Waals surface area (Å²) in [5, 5.41) is 17.6. The van der Waals surface area contributed by atoms with Crippen LogP contribution >= 0.6 is 0 Å². The average molecular weight is 242 g/mol. The van der Waals surface area contributed by atoms with Crippen molar-refractivity contribution in [3.05, 3.63) is 29.6 Å². The second-order valence-electron chi connectivity index (χ2n) is 3.47. The Hall–Kier alpha value is -1.66. The van der Waals surface area contributed by atoms with Crippen LogP contribution in [-0.2, 0) is 0 Å². The minimum atomic E-state index is -0.519. The fourth-order valence-corrected chi connectivity index (χ4v) is 1.46. The van der Waals surface area contributed by atoms with Crippen molar-refractivity contribution in [1.29, 1.82) is 0 Å². The first-order valence-corrected chi connectivity index (χ1v) is 5.16. The van der Waals surface area contributed by atoms with E-state index in [-0.39, 0.29) is 37.6 Å². The number of nitrogens with zero attached hydrogens (tertiary/aromatic N) is 1. The van der Waals surface area contributed by atoms with E-state index in [2.05, 4.69) is 0 Å². The van der Waals surface area contributed by atoms with Crippen LogP contribution in [0.5, 0.6) is 0 Å². The fourth-order valence-electron chi connectivity index (χ4n) is 1.46. The Balaban J connectivity index is 2.92. The highest BCUT2D eigenvalue weighted by molar-refractivity contribution is 5.99. The monoisotopic (exact) mass is 242 g/mol. The predicted molar refractivity (Wildman–Crippen MR) is 60.9 cm³/mol. The molecule has 0 saturated carbocycles. The first-order chi connectivity index (χ1) is 8.10. The van der Waals surface area contributed by atoms with E-state index in [1.807, 2.05) is 0 Å². The number of nitrogens with two attached hydrogens (primary N) is 1. The van der Waals surface area contributed by atoms with Crippen LogP contribution in [0.4, 0.5) is 10.1 Å². The van der Waals surface area contributed by atoms with E-state index in [0.717, 1.165) is 12.1 Å². The number of nitrogen functional groups attached to an aromatic ring is 1. The van der Waals surface area contributed by atoms with Gasteiger partial charge in [0.15, 0.2) is 0 Å². The molecule has 0 heterocycles. The number of benzene rings is 1. The third-order valence-electron chi connectivity index (χ3n) is 2.27. The van der Waals surface area contributed by atoms with Crippen molar-refractivity contribution in [3.63, 3.8) is 0 Å². The topological polar surface area (TPSA) is 86.8 Å². The second-order valence-corrected chi connectivity index (χ2v) is 3.47. The van der Waals surface area contributed by atoms with Crippen LogP contribution in [-0.4, -0.2) is 47.3 Å². The minimum Gasteiger partial charge on any atom is -0.398 e. The van der Waals surface area contributed by atoms with Gasteiger partial charge in [0.05, 0.1) is 18.8 Å². The number of carbonyl (C=O) groups excluding carboxylic acids is 1. The molecule has 0 aromatic heterocycles. The summed E-state index contributed by atoms with van der Waals surface area (Å²) in [5.41, 5.74) is 5.74. The lowest BCUT2D eigenvalue weighted by atomic mass is 10.1. The number of carbonyl (C=O) groups is 1. The molecule has 1 amide bonds. The molecule has 17 heavy (non-hydrogen) atoms. The van der Waals surface area contributed by atoms with Crippen LogP contribution in [0.25, 0.3) is 0 Å². The first kappa shape index (κ1) is 13.4. The normalized spacial score (nSPS) is 10.3. The summed E-state index contributed by atoms with van der Waals surface area (Å²) < 4.78 is 12.8. The van der Waals surface area contributed by atoms with Crippen LogP contribution < -0.4 is 5.73 Å². The quantitative estimate of drug-likeness (QED) is 0.626. The van der Waals surface area contributed by atoms with Gasteiger partial charge in [-0.1, -0.05) is 0 Å². The maximum Gasteiger partial charge on any atom is 0.256 e. The van der Waals surface area contributed by atoms with Crippen molar-refractivity contribution in [3.8, 4) is 0 Å². The molecule has 94 valence electrons. The molecule has 0 bridgehead atoms. The maximum absolute atomic E-state index is 12.8. The Morgan fingerprint density at radius 2 is 1.88 bits per heavy atom. The summed E-state index contributed by atoms with van der Waals surface area (Å²) in [7, 11) is 0. The number of anilines is 1. The van der Waals surface area contributed by atoms with Crippen LogP contribution in [0.15, 0.2) is 18.2 Å². The molecular weight excluding hydrogens is 227 g/mol. The van der Waals surface area contributed by atoms with Crippen molar-refractivity contribution in [2.75, 3.05) is 32.0 Å². The molecule has 4 N–H and O–H groups in total. The lowest BCUT2D eigenvalue weighted by molar-refractivity contribution is 0.0686. The minimum absolute atomic E-state index is 0.0379. The van der Waals surface area contributed by atoms with Gasteiger partial charge in [0, 0.05) is 18.8 Å². The van der Waals surface area contributed by atoms with Gasteiger partial charge >= 0.3 is 0 Å². The van der Waals surface area contributed by atoms with Gasteiger partial charge in [0.2, 0.25) is 0 Å². The maximum atomic E-state index is 12.8. The largest absolute Gasteiger partial charge is 0.398 e. The number of hydrogen-bond acceptors (Lipinski definition) is 4. The van der Waals surface area contributed by atoms with E-state index in [0.29, 0.717) is 0 Å². The van der Waals surface area contributed by atoms with Crippen LogP contribution in [0, 0.1) is 5.82 Å². The van der Waals surface area contributed by atoms with E-state index < -0.39 is 11.7 Å². The number of halogens is 1. The fraction of sp³-hybridized carbons (Fsp3) is 0.364. The summed E-state index contributed by atoms with van der Waals surface area (Å²) in [6.07, 6.45) is 0. The molecule has 0 fully saturated rings. The zero-order valence-electron chi connectivity index (χ0n) is 9.27. The molecule has 0 aliphatic rings. The first-order valence-electron chi connectivity index (χ1n) is 5.16. The van der Waals surface area contributed by atoms with Crippen LogP contribution in [0.1, 0.15) is 10.4 Å². The summed E-state index contributed by atoms with van der Waals surface area (Å²) in [6.45, 7) is -0.244. The number of amides is 1. The van der Waals surface area contributed by atoms with Gasteiger partial charge in [-0.15, -0.1) is 0 Å². The Morgan fingerprint density at radius 1 is 1.29 bits per heavy atom. The van der Waals surface area contributed by atoms with Gasteiger partial charge in [0.25, 0.3) is 5.91 Å². The van der Waals surface area contributed by atoms with Gasteiger partial charge in [0.1, 0.15) is 5.82 Å². The van der Waals surface area contributed by atoms with E-state index in [1.165, 1.54) is 11.0 Å². The number of hydrogen-bond donors (Lipinski definition) is 3. The standard InChI is InChI=1S/C11H15FN2O3/c12-8-1-2-9(10(13)7-8)11(17)14(3-5-15)4-6-16/h1-2,7,15-16H,3-6,13H2. The molecule has 0 aliphatic heterocycles. The zero-order chi connectivity index (χ0) is 12.8. The molecule has 1 aromatic carbocycles. The number of rotatable bonds is 5. The lowest BCUT2D eigenvalue weighted by Gasteiger charge is -2.21. The van der Waals surface area contributed by atoms with Crippen molar-refractivity contribution < 1.29 is 19.4 Å². The second kappa shape index (κ2) is 6.17. The average Bonchev–Trinajstić information content (AvgIpc) is 2.28. The Morgan fingerprint density at radius 3 is 2.35 bits per heavy atom. The van der Waals surface area contributed by atoms with Gasteiger partial charge in [-0.2, -0.15) is 0 Å². The third-order valence-corrected chi connectivity index (χ3v) is 2.27. The van der Waals surface area contributed by atoms with Crippen molar-refractivity contribution >= 4 is 11.6 Å². The molecule has 0 aliphatic carbocycles. The molecule has 0 atom stereocenters. The van der Waals surface area contributed by atoms with Crippen molar-refractivity contribution in [2.45, 2.75) is 0 Å². The highest BCUT2D eigenvalue weighted by atomic mass is 19.1. The highest BCUT2D eigenvalue weighted by Crippen LogP contribution is 2.15. The predicted octanol–water partition coefficient (Wildman–Crippen LogP) is -0.165. The molecule has 1 rings (SSSR count). The molecule has 0 radical (unpaired) electrons. The van der Waals surface area contributed by atoms with Gasteiger partial charge in [-0.25, -0.2) is 4.39 Å². The summed E-state index contributed by atoms with van der Waals surface area (Å²) in [6, 6.07) is 3.48. The van der Waals surface area contributed by atoms with Gasteiger partial charge < -0.3 is 20.8 Å². The van der Waals surface area contributed by atoms with E-state index >= 15 is 0 Å². The van der Waals surface area contributed by atoms with Gasteiger partial charge in [-0.3, -0.25) is 4.79 Å². The van der Waals surface area contributed by atoms with Gasteiger partial charge in [-0.05, 0) is 18.2 Å². The number of aliphatic hydroxyl groups excluding tert-OH is 2. The molecular formula is C11H15FN2O3. The Labute approximate surface area is 98.3 Å². The molecule has 6 heteroatoms. The SMILES string of the molecule is Nc1cc(F)ccc1C(=O)N(CCO)CCO. The van der Waals surface area contributed by atoms with Crippen molar-refractivity contribution in [2.24, 2.45) is 0 Å². The molecule has 0 spiro atoms. The Kier molecular flexibility index (Phi) is 4.86. The molecule has 5 nitrogen and oxygen atoms in total. The van der Waals surface area contributed by atoms with E-state index in [4.69, 9.17) is 15.9 Å². The molecule has 0 saturated heterocycles. The molecule has 0 unspecified atom stereocenters. The summed E-state index contributed by atoms with van der Waals surface area (Å²) in [4.78, 5) is 13.2. The zero-order valence-corrected chi connectivity index (χ0v) is 9.27. The van der Waals surface area contributed by atoms with Crippen LogP contribution in [0.2, 0.25) is 0 Å². The highest BCUT2D eigenvalue weighted by Gasteiger charge is 2.17. The third kappa shape index (κ3) is 3.40.